The minimum atomic E-state index is -0.545. The molecule has 2 amide bonds. The molecule has 3 nitrogen and oxygen atoms in total. The molecule has 2 fully saturated rings. The van der Waals surface area contributed by atoms with E-state index < -0.39 is 4.33 Å². The Bertz CT molecular complexity index is 567. The van der Waals surface area contributed by atoms with Gasteiger partial charge in [-0.15, -0.1) is 35.0 Å². The zero-order valence-corrected chi connectivity index (χ0v) is 14.8. The van der Waals surface area contributed by atoms with Crippen LogP contribution in [0.15, 0.2) is 29.2 Å². The number of likely N-dealkylation sites (tertiary alicyclic amines) is 1. The molecular weight excluding hydrogens is 339 g/mol. The first-order valence-electron chi connectivity index (χ1n) is 7.61. The summed E-state index contributed by atoms with van der Waals surface area (Å²) < 4.78 is -0.545. The molecule has 0 spiro atoms. The van der Waals surface area contributed by atoms with Crippen molar-refractivity contribution in [2.24, 2.45) is 11.8 Å². The van der Waals surface area contributed by atoms with Gasteiger partial charge >= 0.3 is 6.03 Å². The predicted molar refractivity (Wildman–Crippen MR) is 94.1 cm³/mol. The summed E-state index contributed by atoms with van der Waals surface area (Å²) in [6.07, 6.45) is 1.93. The van der Waals surface area contributed by atoms with Gasteiger partial charge in [-0.05, 0) is 30.9 Å². The zero-order chi connectivity index (χ0) is 15.7. The number of hydrogen-bond acceptors (Lipinski definition) is 2. The first-order valence-corrected chi connectivity index (χ1v) is 9.35. The summed E-state index contributed by atoms with van der Waals surface area (Å²) in [7, 11) is 0. The lowest BCUT2D eigenvalue weighted by molar-refractivity contribution is 0.221. The van der Waals surface area contributed by atoms with Crippen molar-refractivity contribution >= 4 is 46.7 Å². The van der Waals surface area contributed by atoms with Crippen LogP contribution in [0.1, 0.15) is 19.8 Å². The minimum Gasteiger partial charge on any atom is -0.324 e. The number of urea groups is 1. The number of benzene rings is 1. The Morgan fingerprint density at radius 2 is 2.18 bits per heavy atom. The number of alkyl halides is 2. The van der Waals surface area contributed by atoms with Gasteiger partial charge in [0.05, 0.1) is 5.69 Å². The van der Waals surface area contributed by atoms with Crippen molar-refractivity contribution in [2.75, 3.05) is 24.2 Å². The molecule has 1 heterocycles. The fraction of sp³-hybridized carbons (Fsp3) is 0.562. The summed E-state index contributed by atoms with van der Waals surface area (Å²) in [6.45, 7) is 3.85. The van der Waals surface area contributed by atoms with Gasteiger partial charge in [0, 0.05) is 29.7 Å². The van der Waals surface area contributed by atoms with Crippen molar-refractivity contribution in [1.29, 1.82) is 0 Å². The van der Waals surface area contributed by atoms with Crippen LogP contribution in [0.25, 0.3) is 0 Å². The molecule has 0 aromatic heterocycles. The van der Waals surface area contributed by atoms with Crippen LogP contribution in [-0.4, -0.2) is 34.1 Å². The molecule has 2 unspecified atom stereocenters. The van der Waals surface area contributed by atoms with Crippen molar-refractivity contribution in [3.05, 3.63) is 24.3 Å². The van der Waals surface area contributed by atoms with Crippen LogP contribution in [0.3, 0.4) is 0 Å². The molecule has 2 aliphatic rings. The van der Waals surface area contributed by atoms with Crippen molar-refractivity contribution < 1.29 is 4.79 Å². The molecule has 2 atom stereocenters. The number of carbonyl (C=O) groups excluding carboxylic acids is 1. The molecule has 22 heavy (non-hydrogen) atoms. The van der Waals surface area contributed by atoms with Crippen LogP contribution in [0.2, 0.25) is 0 Å². The Balaban J connectivity index is 1.60. The fourth-order valence-corrected chi connectivity index (χ4v) is 4.59. The van der Waals surface area contributed by atoms with E-state index >= 15 is 0 Å². The van der Waals surface area contributed by atoms with Crippen molar-refractivity contribution in [3.8, 4) is 0 Å². The third-order valence-electron chi connectivity index (χ3n) is 4.24. The number of carbonyl (C=O) groups is 1. The molecule has 1 saturated carbocycles. The molecule has 1 aliphatic heterocycles. The second kappa shape index (κ2) is 6.50. The van der Waals surface area contributed by atoms with Gasteiger partial charge in [0.25, 0.3) is 0 Å². The summed E-state index contributed by atoms with van der Waals surface area (Å²) in [6, 6.07) is 7.89. The Kier molecular flexibility index (Phi) is 4.81. The molecule has 1 aliphatic carbocycles. The molecule has 1 saturated heterocycles. The van der Waals surface area contributed by atoms with Gasteiger partial charge in [0.15, 0.2) is 0 Å². The number of hydrogen-bond donors (Lipinski definition) is 1. The maximum Gasteiger partial charge on any atom is 0.321 e. The molecule has 0 radical (unpaired) electrons. The van der Waals surface area contributed by atoms with Crippen molar-refractivity contribution in [2.45, 2.75) is 29.0 Å². The van der Waals surface area contributed by atoms with Crippen LogP contribution in [0.4, 0.5) is 10.5 Å². The molecule has 0 bridgehead atoms. The third-order valence-corrected chi connectivity index (χ3v) is 6.40. The van der Waals surface area contributed by atoms with Crippen LogP contribution < -0.4 is 5.32 Å². The second-order valence-corrected chi connectivity index (χ2v) is 8.84. The quantitative estimate of drug-likeness (QED) is 0.616. The van der Waals surface area contributed by atoms with E-state index in [4.69, 9.17) is 23.2 Å². The minimum absolute atomic E-state index is 0.00662. The summed E-state index contributed by atoms with van der Waals surface area (Å²) in [4.78, 5) is 15.3. The van der Waals surface area contributed by atoms with Gasteiger partial charge in [-0.1, -0.05) is 19.1 Å². The lowest BCUT2D eigenvalue weighted by Gasteiger charge is -2.18. The third kappa shape index (κ3) is 3.84. The van der Waals surface area contributed by atoms with E-state index in [2.05, 4.69) is 12.2 Å². The number of para-hydroxylation sites is 1. The van der Waals surface area contributed by atoms with Crippen molar-refractivity contribution in [1.82, 2.24) is 4.90 Å². The van der Waals surface area contributed by atoms with Crippen LogP contribution in [0, 0.1) is 11.8 Å². The van der Waals surface area contributed by atoms with E-state index in [1.54, 1.807) is 11.8 Å². The van der Waals surface area contributed by atoms with Gasteiger partial charge in [-0.2, -0.15) is 0 Å². The van der Waals surface area contributed by atoms with Crippen LogP contribution in [-0.2, 0) is 0 Å². The van der Waals surface area contributed by atoms with E-state index in [-0.39, 0.29) is 6.03 Å². The summed E-state index contributed by atoms with van der Waals surface area (Å²) in [5, 5.41) is 3.04. The first kappa shape index (κ1) is 16.3. The molecule has 1 aromatic rings. The van der Waals surface area contributed by atoms with Crippen molar-refractivity contribution in [3.63, 3.8) is 0 Å². The summed E-state index contributed by atoms with van der Waals surface area (Å²) in [5.74, 6) is 1.80. The van der Waals surface area contributed by atoms with Gasteiger partial charge < -0.3 is 10.2 Å². The number of nitrogens with one attached hydrogen (secondary N) is 1. The van der Waals surface area contributed by atoms with Crippen LogP contribution in [0.5, 0.6) is 0 Å². The highest BCUT2D eigenvalue weighted by Crippen LogP contribution is 2.55. The van der Waals surface area contributed by atoms with Gasteiger partial charge in [0.2, 0.25) is 0 Å². The maximum absolute atomic E-state index is 12.3. The average Bonchev–Trinajstić information content (AvgIpc) is 2.87. The van der Waals surface area contributed by atoms with E-state index in [1.807, 2.05) is 29.2 Å². The van der Waals surface area contributed by atoms with E-state index in [1.165, 1.54) is 0 Å². The largest absolute Gasteiger partial charge is 0.324 e. The molecule has 1 N–H and O–H groups in total. The molecular formula is C16H20Cl2N2OS. The SMILES string of the molecule is CC1CCN(C(=O)Nc2ccccc2SCC2CC2(Cl)Cl)C1. The van der Waals surface area contributed by atoms with E-state index in [0.717, 1.165) is 42.3 Å². The number of halogens is 2. The maximum atomic E-state index is 12.3. The first-order chi connectivity index (χ1) is 10.5. The smallest absolute Gasteiger partial charge is 0.321 e. The number of amides is 2. The average molecular weight is 359 g/mol. The monoisotopic (exact) mass is 358 g/mol. The summed E-state index contributed by atoms with van der Waals surface area (Å²) in [5.41, 5.74) is 0.868. The molecule has 120 valence electrons. The van der Waals surface area contributed by atoms with E-state index in [9.17, 15) is 4.79 Å². The highest BCUT2D eigenvalue weighted by Gasteiger charge is 2.51. The Morgan fingerprint density at radius 1 is 1.45 bits per heavy atom. The number of thioether (sulfide) groups is 1. The Labute approximate surface area is 145 Å². The topological polar surface area (TPSA) is 32.3 Å². The van der Waals surface area contributed by atoms with Gasteiger partial charge in [0.1, 0.15) is 4.33 Å². The second-order valence-electron chi connectivity index (χ2n) is 6.24. The lowest BCUT2D eigenvalue weighted by atomic mass is 10.2. The summed E-state index contributed by atoms with van der Waals surface area (Å²) >= 11 is 13.8. The Morgan fingerprint density at radius 3 is 2.82 bits per heavy atom. The highest BCUT2D eigenvalue weighted by atomic mass is 35.5. The predicted octanol–water partition coefficient (Wildman–Crippen LogP) is 4.85. The Hall–Kier alpha value is -0.580. The molecule has 6 heteroatoms. The van der Waals surface area contributed by atoms with E-state index in [0.29, 0.717) is 11.8 Å². The highest BCUT2D eigenvalue weighted by molar-refractivity contribution is 7.99. The number of rotatable bonds is 4. The zero-order valence-electron chi connectivity index (χ0n) is 12.5. The van der Waals surface area contributed by atoms with Gasteiger partial charge in [-0.3, -0.25) is 0 Å². The fourth-order valence-electron chi connectivity index (χ4n) is 2.65. The normalized spacial score (nSPS) is 26.0. The standard InChI is InChI=1S/C16H20Cl2N2OS/c1-11-6-7-20(9-11)15(21)19-13-4-2-3-5-14(13)22-10-12-8-16(12,17)18/h2-5,11-12H,6-10H2,1H3,(H,19,21). The number of nitrogens with zero attached hydrogens (tertiary/aromatic N) is 1. The number of anilines is 1. The molecule has 1 aromatic carbocycles. The lowest BCUT2D eigenvalue weighted by Crippen LogP contribution is -2.32. The molecule has 3 rings (SSSR count). The van der Waals surface area contributed by atoms with Gasteiger partial charge in [-0.25, -0.2) is 4.79 Å². The van der Waals surface area contributed by atoms with Crippen LogP contribution >= 0.6 is 35.0 Å².